The van der Waals surface area contributed by atoms with E-state index in [1.54, 1.807) is 20.8 Å². The first-order valence-corrected chi connectivity index (χ1v) is 3.32. The first-order chi connectivity index (χ1) is 4.57. The summed E-state index contributed by atoms with van der Waals surface area (Å²) in [5.74, 6) is -1.14. The van der Waals surface area contributed by atoms with Crippen LogP contribution in [0.4, 0.5) is 0 Å². The Morgan fingerprint density at radius 3 is 2.08 bits per heavy atom. The predicted octanol–water partition coefficient (Wildman–Crippen LogP) is -4.64. The Morgan fingerprint density at radius 1 is 1.42 bits per heavy atom. The van der Waals surface area contributed by atoms with Crippen molar-refractivity contribution in [2.75, 3.05) is 0 Å². The molecule has 0 aliphatic rings. The number of rotatable bonds is 2. The first-order valence-electron chi connectivity index (χ1n) is 3.32. The summed E-state index contributed by atoms with van der Waals surface area (Å²) in [6, 6.07) is 0. The SMILES string of the molecule is CCC(=O)OC(=O)C(C)C.[H-].[H-].[Li+].[Na+]. The van der Waals surface area contributed by atoms with Crippen molar-refractivity contribution in [2.45, 2.75) is 27.2 Å². The van der Waals surface area contributed by atoms with Crippen molar-refractivity contribution in [3.63, 3.8) is 0 Å². The average molecular weight is 176 g/mol. The molecule has 0 fully saturated rings. The molecule has 3 nitrogen and oxygen atoms in total. The van der Waals surface area contributed by atoms with Gasteiger partial charge in [-0.1, -0.05) is 20.8 Å². The molecule has 0 N–H and O–H groups in total. The molecular formula is C7H14LiNaO3. The smallest absolute Gasteiger partial charge is 1.00 e. The molecule has 12 heavy (non-hydrogen) atoms. The van der Waals surface area contributed by atoms with Crippen molar-refractivity contribution in [2.24, 2.45) is 5.92 Å². The maximum Gasteiger partial charge on any atom is 1.00 e. The molecule has 0 amide bonds. The molecule has 0 rings (SSSR count). The molecule has 0 saturated carbocycles. The average Bonchev–Trinajstić information content (AvgIpc) is 1.87. The Balaban J connectivity index is -0.0000000675. The van der Waals surface area contributed by atoms with Crippen molar-refractivity contribution in [1.29, 1.82) is 0 Å². The van der Waals surface area contributed by atoms with Crippen LogP contribution in [0, 0.1) is 5.92 Å². The van der Waals surface area contributed by atoms with Gasteiger partial charge in [0, 0.05) is 6.42 Å². The van der Waals surface area contributed by atoms with Crippen LogP contribution in [0.15, 0.2) is 0 Å². The normalized spacial score (nSPS) is 8.00. The van der Waals surface area contributed by atoms with E-state index in [0.717, 1.165) is 0 Å². The van der Waals surface area contributed by atoms with Crippen LogP contribution in [-0.2, 0) is 14.3 Å². The second-order valence-electron chi connectivity index (χ2n) is 2.30. The summed E-state index contributed by atoms with van der Waals surface area (Å²) in [4.78, 5) is 21.2. The molecule has 0 aromatic rings. The quantitative estimate of drug-likeness (QED) is 0.241. The summed E-state index contributed by atoms with van der Waals surface area (Å²) < 4.78 is 4.38. The maximum atomic E-state index is 10.7. The van der Waals surface area contributed by atoms with Crippen molar-refractivity contribution in [1.82, 2.24) is 0 Å². The van der Waals surface area contributed by atoms with E-state index >= 15 is 0 Å². The summed E-state index contributed by atoms with van der Waals surface area (Å²) in [6.45, 7) is 5.02. The van der Waals surface area contributed by atoms with E-state index < -0.39 is 11.9 Å². The predicted molar refractivity (Wildman–Crippen MR) is 38.5 cm³/mol. The monoisotopic (exact) mass is 176 g/mol. The summed E-state index contributed by atoms with van der Waals surface area (Å²) >= 11 is 0. The van der Waals surface area contributed by atoms with Gasteiger partial charge >= 0.3 is 60.4 Å². The van der Waals surface area contributed by atoms with Crippen LogP contribution in [0.1, 0.15) is 30.0 Å². The van der Waals surface area contributed by atoms with Gasteiger partial charge in [0.05, 0.1) is 5.92 Å². The molecule has 0 saturated heterocycles. The molecule has 0 aromatic heterocycles. The Kier molecular flexibility index (Phi) is 15.1. The molecule has 0 bridgehead atoms. The van der Waals surface area contributed by atoms with Crippen molar-refractivity contribution in [3.8, 4) is 0 Å². The van der Waals surface area contributed by atoms with Gasteiger partial charge in [0.15, 0.2) is 0 Å². The largest absolute Gasteiger partial charge is 1.00 e. The number of carbonyl (C=O) groups excluding carboxylic acids is 2. The fourth-order valence-electron chi connectivity index (χ4n) is 0.302. The summed E-state index contributed by atoms with van der Waals surface area (Å²) in [5, 5.41) is 0. The van der Waals surface area contributed by atoms with E-state index in [9.17, 15) is 9.59 Å². The molecule has 0 heterocycles. The van der Waals surface area contributed by atoms with Gasteiger partial charge in [-0.3, -0.25) is 9.59 Å². The fourth-order valence-corrected chi connectivity index (χ4v) is 0.302. The van der Waals surface area contributed by atoms with Gasteiger partial charge in [0.25, 0.3) is 0 Å². The molecule has 0 spiro atoms. The van der Waals surface area contributed by atoms with Gasteiger partial charge < -0.3 is 7.59 Å². The molecule has 0 aromatic carbocycles. The molecule has 0 unspecified atom stereocenters. The molecule has 0 aliphatic carbocycles. The Bertz CT molecular complexity index is 156. The third kappa shape index (κ3) is 8.83. The molecule has 0 aliphatic heterocycles. The van der Waals surface area contributed by atoms with Gasteiger partial charge in [-0.2, -0.15) is 0 Å². The topological polar surface area (TPSA) is 43.4 Å². The fraction of sp³-hybridized carbons (Fsp3) is 0.714. The Hall–Kier alpha value is 0.737. The molecule has 5 heteroatoms. The van der Waals surface area contributed by atoms with Crippen LogP contribution in [-0.4, -0.2) is 11.9 Å². The van der Waals surface area contributed by atoms with E-state index in [2.05, 4.69) is 4.74 Å². The van der Waals surface area contributed by atoms with Gasteiger partial charge in [0.1, 0.15) is 0 Å². The first kappa shape index (κ1) is 18.5. The molecule has 0 radical (unpaired) electrons. The van der Waals surface area contributed by atoms with Gasteiger partial charge in [0.2, 0.25) is 0 Å². The summed E-state index contributed by atoms with van der Waals surface area (Å²) in [7, 11) is 0. The third-order valence-corrected chi connectivity index (χ3v) is 0.975. The maximum absolute atomic E-state index is 10.7. The second-order valence-corrected chi connectivity index (χ2v) is 2.30. The zero-order valence-corrected chi connectivity index (χ0v) is 10.5. The van der Waals surface area contributed by atoms with E-state index in [4.69, 9.17) is 0 Å². The minimum Gasteiger partial charge on any atom is -1.00 e. The number of carbonyl (C=O) groups is 2. The zero-order valence-electron chi connectivity index (χ0n) is 10.5. The van der Waals surface area contributed by atoms with E-state index in [-0.39, 0.29) is 63.6 Å². The minimum atomic E-state index is -0.460. The van der Waals surface area contributed by atoms with E-state index in [1.165, 1.54) is 0 Å². The van der Waals surface area contributed by atoms with Crippen LogP contribution in [0.25, 0.3) is 0 Å². The minimum absolute atomic E-state index is 0. The standard InChI is InChI=1S/C7H12O3.Li.Na.2H/c1-4-6(8)10-7(9)5(2)3;;;;/h5H,4H2,1-3H3;;;;/q;2*+1;2*-1. The van der Waals surface area contributed by atoms with E-state index in [0.29, 0.717) is 0 Å². The van der Waals surface area contributed by atoms with Crippen LogP contribution < -0.4 is 48.4 Å². The van der Waals surface area contributed by atoms with E-state index in [1.807, 2.05) is 0 Å². The third-order valence-electron chi connectivity index (χ3n) is 0.975. The van der Waals surface area contributed by atoms with Gasteiger partial charge in [-0.05, 0) is 0 Å². The van der Waals surface area contributed by atoms with Crippen molar-refractivity contribution in [3.05, 3.63) is 0 Å². The molecular weight excluding hydrogens is 162 g/mol. The van der Waals surface area contributed by atoms with Crippen molar-refractivity contribution >= 4 is 11.9 Å². The number of esters is 2. The Morgan fingerprint density at radius 2 is 1.83 bits per heavy atom. The van der Waals surface area contributed by atoms with Crippen molar-refractivity contribution < 1.29 is 65.6 Å². The number of hydrogen-bond donors (Lipinski definition) is 0. The van der Waals surface area contributed by atoms with Crippen LogP contribution in [0.5, 0.6) is 0 Å². The molecule has 62 valence electrons. The summed E-state index contributed by atoms with van der Waals surface area (Å²) in [5.41, 5.74) is 0. The summed E-state index contributed by atoms with van der Waals surface area (Å²) in [6.07, 6.45) is 0.248. The zero-order chi connectivity index (χ0) is 8.15. The van der Waals surface area contributed by atoms with Crippen LogP contribution in [0.3, 0.4) is 0 Å². The van der Waals surface area contributed by atoms with Crippen LogP contribution >= 0.6 is 0 Å². The number of hydrogen-bond acceptors (Lipinski definition) is 3. The Labute approximate surface area is 110 Å². The second kappa shape index (κ2) is 9.82. The number of ether oxygens (including phenoxy) is 1. The molecule has 0 atom stereocenters. The van der Waals surface area contributed by atoms with Crippen LogP contribution in [0.2, 0.25) is 0 Å². The van der Waals surface area contributed by atoms with Gasteiger partial charge in [-0.25, -0.2) is 0 Å². The van der Waals surface area contributed by atoms with Gasteiger partial charge in [-0.15, -0.1) is 0 Å².